The Kier molecular flexibility index (Phi) is 3.92. The normalized spacial score (nSPS) is 10.6. The SMILES string of the molecule is Cc1nc(CNC(=O)c2ccc(-n3cnnc3)nc2)sc1C. The van der Waals surface area contributed by atoms with E-state index in [0.717, 1.165) is 10.7 Å². The van der Waals surface area contributed by atoms with Crippen LogP contribution in [0.4, 0.5) is 0 Å². The van der Waals surface area contributed by atoms with Gasteiger partial charge < -0.3 is 5.32 Å². The molecule has 0 atom stereocenters. The molecule has 0 fully saturated rings. The van der Waals surface area contributed by atoms with Crippen molar-refractivity contribution in [2.24, 2.45) is 0 Å². The number of thiazole rings is 1. The van der Waals surface area contributed by atoms with Crippen LogP contribution in [0, 0.1) is 13.8 Å². The van der Waals surface area contributed by atoms with E-state index in [1.165, 1.54) is 11.1 Å². The Morgan fingerprint density at radius 2 is 2.05 bits per heavy atom. The first kappa shape index (κ1) is 14.3. The predicted octanol–water partition coefficient (Wildman–Crippen LogP) is 1.67. The van der Waals surface area contributed by atoms with Gasteiger partial charge >= 0.3 is 0 Å². The molecule has 0 bridgehead atoms. The number of amides is 1. The fourth-order valence-corrected chi connectivity index (χ4v) is 2.74. The zero-order valence-corrected chi connectivity index (χ0v) is 13.0. The van der Waals surface area contributed by atoms with Crippen LogP contribution in [0.3, 0.4) is 0 Å². The fourth-order valence-electron chi connectivity index (χ4n) is 1.86. The molecule has 8 heteroatoms. The van der Waals surface area contributed by atoms with Gasteiger partial charge in [0.1, 0.15) is 23.5 Å². The van der Waals surface area contributed by atoms with Crippen LogP contribution < -0.4 is 5.32 Å². The van der Waals surface area contributed by atoms with E-state index in [1.807, 2.05) is 13.8 Å². The molecule has 22 heavy (non-hydrogen) atoms. The van der Waals surface area contributed by atoms with Crippen LogP contribution in [0.25, 0.3) is 5.82 Å². The Bertz CT molecular complexity index is 759. The Balaban J connectivity index is 1.65. The highest BCUT2D eigenvalue weighted by Crippen LogP contribution is 2.16. The number of carbonyl (C=O) groups excluding carboxylic acids is 1. The number of hydrogen-bond donors (Lipinski definition) is 1. The van der Waals surface area contributed by atoms with Crippen LogP contribution in [-0.4, -0.2) is 30.6 Å². The van der Waals surface area contributed by atoms with Gasteiger partial charge in [-0.3, -0.25) is 9.36 Å². The molecule has 0 aliphatic rings. The number of rotatable bonds is 4. The molecule has 1 N–H and O–H groups in total. The van der Waals surface area contributed by atoms with Crippen molar-refractivity contribution in [2.45, 2.75) is 20.4 Å². The van der Waals surface area contributed by atoms with Crippen molar-refractivity contribution in [3.63, 3.8) is 0 Å². The van der Waals surface area contributed by atoms with Crippen LogP contribution >= 0.6 is 11.3 Å². The molecule has 3 rings (SSSR count). The topological polar surface area (TPSA) is 85.6 Å². The Morgan fingerprint density at radius 3 is 2.64 bits per heavy atom. The lowest BCUT2D eigenvalue weighted by Crippen LogP contribution is -2.22. The fraction of sp³-hybridized carbons (Fsp3) is 0.214. The molecular weight excluding hydrogens is 300 g/mol. The maximum atomic E-state index is 12.1. The lowest BCUT2D eigenvalue weighted by molar-refractivity contribution is 0.0950. The first-order chi connectivity index (χ1) is 10.6. The highest BCUT2D eigenvalue weighted by Gasteiger charge is 2.09. The number of aryl methyl sites for hydroxylation is 2. The molecule has 0 aliphatic heterocycles. The molecule has 3 aromatic rings. The van der Waals surface area contributed by atoms with E-state index in [9.17, 15) is 4.79 Å². The zero-order chi connectivity index (χ0) is 15.5. The highest BCUT2D eigenvalue weighted by atomic mass is 32.1. The van der Waals surface area contributed by atoms with Crippen LogP contribution in [0.15, 0.2) is 31.0 Å². The first-order valence-electron chi connectivity index (χ1n) is 6.65. The summed E-state index contributed by atoms with van der Waals surface area (Å²) >= 11 is 1.59. The minimum atomic E-state index is -0.173. The van der Waals surface area contributed by atoms with Gasteiger partial charge in [-0.25, -0.2) is 9.97 Å². The van der Waals surface area contributed by atoms with Crippen molar-refractivity contribution >= 4 is 17.2 Å². The van der Waals surface area contributed by atoms with Gasteiger partial charge in [-0.05, 0) is 26.0 Å². The molecule has 0 spiro atoms. The van der Waals surface area contributed by atoms with Gasteiger partial charge in [0, 0.05) is 11.1 Å². The van der Waals surface area contributed by atoms with Crippen molar-refractivity contribution in [3.05, 3.63) is 52.1 Å². The van der Waals surface area contributed by atoms with Gasteiger partial charge in [0.05, 0.1) is 17.8 Å². The molecule has 3 aromatic heterocycles. The van der Waals surface area contributed by atoms with Gasteiger partial charge in [0.15, 0.2) is 0 Å². The van der Waals surface area contributed by atoms with E-state index in [1.54, 1.807) is 40.7 Å². The third kappa shape index (κ3) is 3.01. The second-order valence-corrected chi connectivity index (χ2v) is 5.99. The van der Waals surface area contributed by atoms with Gasteiger partial charge in [0.25, 0.3) is 5.91 Å². The molecular formula is C14H14N6OS. The standard InChI is InChI=1S/C14H14N6OS/c1-9-10(2)22-13(19-9)6-16-14(21)11-3-4-12(15-5-11)20-7-17-18-8-20/h3-5,7-8H,6H2,1-2H3,(H,16,21). The molecule has 1 amide bonds. The van der Waals surface area contributed by atoms with E-state index in [4.69, 9.17) is 0 Å². The summed E-state index contributed by atoms with van der Waals surface area (Å²) in [5.41, 5.74) is 1.51. The summed E-state index contributed by atoms with van der Waals surface area (Å²) < 4.78 is 1.67. The molecule has 7 nitrogen and oxygen atoms in total. The minimum Gasteiger partial charge on any atom is -0.345 e. The molecule has 112 valence electrons. The van der Waals surface area contributed by atoms with Crippen molar-refractivity contribution in [2.75, 3.05) is 0 Å². The lowest BCUT2D eigenvalue weighted by atomic mass is 10.2. The summed E-state index contributed by atoms with van der Waals surface area (Å²) in [5.74, 6) is 0.487. The van der Waals surface area contributed by atoms with Gasteiger partial charge in [-0.2, -0.15) is 0 Å². The quantitative estimate of drug-likeness (QED) is 0.791. The lowest BCUT2D eigenvalue weighted by Gasteiger charge is -2.04. The van der Waals surface area contributed by atoms with E-state index >= 15 is 0 Å². The smallest absolute Gasteiger partial charge is 0.253 e. The Hall–Kier alpha value is -2.61. The van der Waals surface area contributed by atoms with Crippen LogP contribution in [0.5, 0.6) is 0 Å². The zero-order valence-electron chi connectivity index (χ0n) is 12.1. The molecule has 0 radical (unpaired) electrons. The number of pyridine rings is 1. The number of nitrogens with one attached hydrogen (secondary N) is 1. The molecule has 0 aromatic carbocycles. The summed E-state index contributed by atoms with van der Waals surface area (Å²) in [4.78, 5) is 21.9. The van der Waals surface area contributed by atoms with Crippen LogP contribution in [0.2, 0.25) is 0 Å². The summed E-state index contributed by atoms with van der Waals surface area (Å²) in [6.07, 6.45) is 4.63. The number of aromatic nitrogens is 5. The Labute approximate surface area is 131 Å². The van der Waals surface area contributed by atoms with Crippen molar-refractivity contribution in [1.29, 1.82) is 0 Å². The van der Waals surface area contributed by atoms with Crippen molar-refractivity contribution in [1.82, 2.24) is 30.0 Å². The summed E-state index contributed by atoms with van der Waals surface area (Å²) in [5, 5.41) is 11.2. The third-order valence-electron chi connectivity index (χ3n) is 3.17. The first-order valence-corrected chi connectivity index (χ1v) is 7.47. The summed E-state index contributed by atoms with van der Waals surface area (Å²) in [6.45, 7) is 4.40. The Morgan fingerprint density at radius 1 is 1.27 bits per heavy atom. The molecule has 0 unspecified atom stereocenters. The second kappa shape index (κ2) is 6.02. The minimum absolute atomic E-state index is 0.173. The monoisotopic (exact) mass is 314 g/mol. The van der Waals surface area contributed by atoms with Crippen LogP contribution in [0.1, 0.15) is 25.9 Å². The number of carbonyl (C=O) groups is 1. The van der Waals surface area contributed by atoms with E-state index < -0.39 is 0 Å². The molecule has 3 heterocycles. The summed E-state index contributed by atoms with van der Waals surface area (Å²) in [7, 11) is 0. The predicted molar refractivity (Wildman–Crippen MR) is 81.9 cm³/mol. The average Bonchev–Trinajstić information content (AvgIpc) is 3.16. The van der Waals surface area contributed by atoms with Gasteiger partial charge in [0.2, 0.25) is 0 Å². The maximum Gasteiger partial charge on any atom is 0.253 e. The average molecular weight is 314 g/mol. The third-order valence-corrected chi connectivity index (χ3v) is 4.24. The van der Waals surface area contributed by atoms with Gasteiger partial charge in [-0.15, -0.1) is 21.5 Å². The van der Waals surface area contributed by atoms with E-state index in [2.05, 4.69) is 25.5 Å². The van der Waals surface area contributed by atoms with Crippen molar-refractivity contribution < 1.29 is 4.79 Å². The van der Waals surface area contributed by atoms with Gasteiger partial charge in [-0.1, -0.05) is 0 Å². The number of nitrogens with zero attached hydrogens (tertiary/aromatic N) is 5. The maximum absolute atomic E-state index is 12.1. The van der Waals surface area contributed by atoms with E-state index in [0.29, 0.717) is 17.9 Å². The second-order valence-electron chi connectivity index (χ2n) is 4.71. The van der Waals surface area contributed by atoms with Crippen molar-refractivity contribution in [3.8, 4) is 5.82 Å². The van der Waals surface area contributed by atoms with Crippen LogP contribution in [-0.2, 0) is 6.54 Å². The highest BCUT2D eigenvalue weighted by molar-refractivity contribution is 7.11. The molecule has 0 saturated carbocycles. The summed E-state index contributed by atoms with van der Waals surface area (Å²) in [6, 6.07) is 3.46. The molecule has 0 aliphatic carbocycles. The number of hydrogen-bond acceptors (Lipinski definition) is 6. The van der Waals surface area contributed by atoms with E-state index in [-0.39, 0.29) is 5.91 Å². The largest absolute Gasteiger partial charge is 0.345 e. The molecule has 0 saturated heterocycles.